The Bertz CT molecular complexity index is 7480. The van der Waals surface area contributed by atoms with Crippen LogP contribution in [0.3, 0.4) is 0 Å². The number of aryl methyl sites for hydroxylation is 2. The number of nitrogens with zero attached hydrogens (tertiary/aromatic N) is 4. The third kappa shape index (κ3) is 22.0. The maximum atomic E-state index is 10.2. The fourth-order valence-electron chi connectivity index (χ4n) is 18.3. The molecule has 0 amide bonds. The molecule has 0 aliphatic heterocycles. The Labute approximate surface area is 816 Å². The summed E-state index contributed by atoms with van der Waals surface area (Å²) in [5, 5.41) is 24.7. The van der Waals surface area contributed by atoms with Crippen molar-refractivity contribution in [3.05, 3.63) is 634 Å². The highest BCUT2D eigenvalue weighted by atomic mass is 16.3. The molecule has 0 saturated carbocycles. The molecule has 20 rings (SSSR count). The summed E-state index contributed by atoms with van der Waals surface area (Å²) in [6.45, 7) is 5.72. The van der Waals surface area contributed by atoms with Crippen molar-refractivity contribution < 1.29 is 10.2 Å². The average molecular weight is 1790 g/mol. The summed E-state index contributed by atoms with van der Waals surface area (Å²) in [4.78, 5) is 11.6. The third-order valence-electron chi connectivity index (χ3n) is 25.6. The van der Waals surface area contributed by atoms with E-state index >= 15 is 0 Å². The molecule has 6 nitrogen and oxygen atoms in total. The zero-order valence-electron chi connectivity index (χ0n) is 78.0. The quantitative estimate of drug-likeness (QED) is 0.0360. The SMILES string of the molecule is Cc1ccc(C(=Cc2ccc(N(c3ccc(CO)cc3)c3ccc(/C(=C/C=C(c4ccccc4)c4ccccc4)c4ccncc4)cc3)c3ccc(N(Cc4ccccc4)Cc4ccccc4)cc23)c2ccc(C)cc2)cc1.OCc1ccc(N(c2ccc(/C=C/C=C(c3ccccc3)c3ccccc3)cc2)c2ccc(C=C(c3ccccc3)c3ccccc3)c3cc(-c4ccccc4)ccc23)cc1. The lowest BCUT2D eigenvalue weighted by atomic mass is 9.92. The highest BCUT2D eigenvalue weighted by Crippen LogP contribution is 2.47. The lowest BCUT2D eigenvalue weighted by Gasteiger charge is -2.29. The van der Waals surface area contributed by atoms with Crippen LogP contribution < -0.4 is 14.7 Å². The molecule has 0 aliphatic carbocycles. The van der Waals surface area contributed by atoms with E-state index in [-0.39, 0.29) is 13.2 Å². The number of aliphatic hydroxyl groups excluding tert-OH is 2. The topological polar surface area (TPSA) is 63.1 Å². The number of hydrogen-bond acceptors (Lipinski definition) is 6. The van der Waals surface area contributed by atoms with Gasteiger partial charge in [0, 0.05) is 64.7 Å². The molecule has 2 N–H and O–H groups in total. The van der Waals surface area contributed by atoms with Crippen LogP contribution in [0.5, 0.6) is 0 Å². The predicted octanol–water partition coefficient (Wildman–Crippen LogP) is 33.4. The van der Waals surface area contributed by atoms with Crippen LogP contribution in [0.25, 0.3) is 78.8 Å². The number of anilines is 7. The zero-order valence-corrected chi connectivity index (χ0v) is 78.0. The standard InChI is InChI=1S/C74H61N3O.C59H45NO/c1-54-23-29-62(30-24-54)72(63-31-25-55(2)26-32-63)49-65-35-44-74(71-41-40-68(50-73(65)71)76(51-56-15-7-3-8-16-56)52-57-17-9-4-10-18-57)77(66-36-27-58(53-78)28-37-66)67-38-33-61(34-39-67)70(64-45-47-75-48-46-64)43-42-69(59-19-11-5-12-20-59)60-21-13-6-14-22-60;61-43-45-31-37-54(38-32-45)60(53-35-29-44(30-36-53)17-16-28-55(47-20-8-2-9-21-47)48-22-10-3-11-23-48)59-40-34-52(58-41-51(33-39-56(58)59)46-18-6-1-7-19-46)42-57(49-24-12-4-13-25-49)50-26-14-5-15-27-50/h3-50,78H,51-53H2,1-2H3;1-42,61H,43H2/b70-43-;17-16+. The first-order valence-electron chi connectivity index (χ1n) is 47.5. The van der Waals surface area contributed by atoms with Crippen LogP contribution in [0.1, 0.15) is 106 Å². The van der Waals surface area contributed by atoms with Gasteiger partial charge in [-0.1, -0.05) is 442 Å². The molecular formula is C133H106N4O2. The lowest BCUT2D eigenvalue weighted by molar-refractivity contribution is 0.281. The van der Waals surface area contributed by atoms with Gasteiger partial charge in [0.2, 0.25) is 0 Å². The molecule has 0 spiro atoms. The maximum Gasteiger partial charge on any atom is 0.0681 e. The molecule has 0 unspecified atom stereocenters. The van der Waals surface area contributed by atoms with E-state index in [1.54, 1.807) is 0 Å². The van der Waals surface area contributed by atoms with Crippen molar-refractivity contribution in [1.82, 2.24) is 4.98 Å². The van der Waals surface area contributed by atoms with Crippen molar-refractivity contribution in [3.8, 4) is 11.1 Å². The first-order chi connectivity index (χ1) is 68.6. The molecule has 1 aromatic heterocycles. The second kappa shape index (κ2) is 44.2. The fourth-order valence-corrected chi connectivity index (χ4v) is 18.3. The molecule has 0 saturated heterocycles. The van der Waals surface area contributed by atoms with Gasteiger partial charge in [-0.15, -0.1) is 0 Å². The van der Waals surface area contributed by atoms with Crippen molar-refractivity contribution >= 4 is 107 Å². The average Bonchev–Trinajstić information content (AvgIpc) is 0.758. The summed E-state index contributed by atoms with van der Waals surface area (Å²) < 4.78 is 0. The van der Waals surface area contributed by atoms with E-state index in [2.05, 4.69) is 543 Å². The van der Waals surface area contributed by atoms with Crippen molar-refractivity contribution in [2.75, 3.05) is 14.7 Å². The maximum absolute atomic E-state index is 10.2. The van der Waals surface area contributed by atoms with Crippen LogP contribution in [-0.2, 0) is 26.3 Å². The summed E-state index contributed by atoms with van der Waals surface area (Å²) >= 11 is 0. The van der Waals surface area contributed by atoms with Gasteiger partial charge in [0.05, 0.1) is 24.6 Å². The summed E-state index contributed by atoms with van der Waals surface area (Å²) in [6.07, 6.45) is 19.4. The predicted molar refractivity (Wildman–Crippen MR) is 587 cm³/mol. The van der Waals surface area contributed by atoms with Crippen LogP contribution >= 0.6 is 0 Å². The van der Waals surface area contributed by atoms with Gasteiger partial charge in [-0.3, -0.25) is 4.98 Å². The first kappa shape index (κ1) is 90.8. The van der Waals surface area contributed by atoms with Crippen molar-refractivity contribution in [2.24, 2.45) is 0 Å². The molecule has 0 bridgehead atoms. The minimum absolute atomic E-state index is 0.0105. The molecular weight excluding hydrogens is 1690 g/mol. The van der Waals surface area contributed by atoms with E-state index in [0.717, 1.165) is 175 Å². The Morgan fingerprint density at radius 2 is 0.554 bits per heavy atom. The Morgan fingerprint density at radius 3 is 0.950 bits per heavy atom. The Balaban J connectivity index is 0.000000183. The van der Waals surface area contributed by atoms with E-state index in [0.29, 0.717) is 0 Å². The number of rotatable bonds is 29. The van der Waals surface area contributed by atoms with Crippen molar-refractivity contribution in [1.29, 1.82) is 0 Å². The summed E-state index contributed by atoms with van der Waals surface area (Å²) in [7, 11) is 0. The molecule has 6 heteroatoms. The number of aliphatic hydroxyl groups is 2. The number of allylic oxidation sites excluding steroid dienone is 4. The molecule has 139 heavy (non-hydrogen) atoms. The van der Waals surface area contributed by atoms with Gasteiger partial charge in [0.1, 0.15) is 0 Å². The smallest absolute Gasteiger partial charge is 0.0681 e. The molecule has 20 aromatic rings. The van der Waals surface area contributed by atoms with Gasteiger partial charge >= 0.3 is 0 Å². The minimum atomic E-state index is -0.0384. The van der Waals surface area contributed by atoms with Gasteiger partial charge in [-0.05, 0) is 261 Å². The number of hydrogen-bond donors (Lipinski definition) is 2. The minimum Gasteiger partial charge on any atom is -0.392 e. The zero-order chi connectivity index (χ0) is 94.3. The highest BCUT2D eigenvalue weighted by Gasteiger charge is 2.24. The van der Waals surface area contributed by atoms with Gasteiger partial charge < -0.3 is 24.9 Å². The summed E-state index contributed by atoms with van der Waals surface area (Å²) in [5.74, 6) is 0. The number of benzene rings is 19. The molecule has 0 fully saturated rings. The second-order valence-corrected chi connectivity index (χ2v) is 34.9. The van der Waals surface area contributed by atoms with Gasteiger partial charge in [0.25, 0.3) is 0 Å². The lowest BCUT2D eigenvalue weighted by Crippen LogP contribution is -2.22. The number of aromatic nitrogens is 1. The van der Waals surface area contributed by atoms with Gasteiger partial charge in [-0.25, -0.2) is 0 Å². The van der Waals surface area contributed by atoms with Crippen LogP contribution in [0.4, 0.5) is 39.8 Å². The number of fused-ring (bicyclic) bond motifs is 2. The van der Waals surface area contributed by atoms with E-state index in [9.17, 15) is 10.2 Å². The van der Waals surface area contributed by atoms with Crippen LogP contribution in [-0.4, -0.2) is 15.2 Å². The van der Waals surface area contributed by atoms with E-state index in [1.165, 1.54) is 44.5 Å². The molecule has 0 atom stereocenters. The fraction of sp³-hybridized carbons (Fsp3) is 0.0451. The van der Waals surface area contributed by atoms with Crippen LogP contribution in [0, 0.1) is 13.8 Å². The third-order valence-corrected chi connectivity index (χ3v) is 25.6. The Kier molecular flexibility index (Phi) is 28.9. The largest absolute Gasteiger partial charge is 0.392 e. The van der Waals surface area contributed by atoms with Crippen LogP contribution in [0.2, 0.25) is 0 Å². The van der Waals surface area contributed by atoms with E-state index in [4.69, 9.17) is 0 Å². The van der Waals surface area contributed by atoms with Crippen molar-refractivity contribution in [3.63, 3.8) is 0 Å². The van der Waals surface area contributed by atoms with Crippen LogP contribution in [0.15, 0.2) is 528 Å². The molecule has 670 valence electrons. The molecule has 19 aromatic carbocycles. The normalized spacial score (nSPS) is 11.2. The van der Waals surface area contributed by atoms with E-state index < -0.39 is 0 Å². The molecule has 0 aliphatic rings. The monoisotopic (exact) mass is 1790 g/mol. The molecule has 0 radical (unpaired) electrons. The highest BCUT2D eigenvalue weighted by molar-refractivity contribution is 6.09. The summed E-state index contributed by atoms with van der Waals surface area (Å²) in [5.41, 5.74) is 36.7. The summed E-state index contributed by atoms with van der Waals surface area (Å²) in [6, 6.07) is 175. The van der Waals surface area contributed by atoms with E-state index in [1.807, 2.05) is 36.7 Å². The Morgan fingerprint density at radius 1 is 0.245 bits per heavy atom. The number of pyridine rings is 1. The van der Waals surface area contributed by atoms with Gasteiger partial charge in [0.15, 0.2) is 0 Å². The van der Waals surface area contributed by atoms with Crippen molar-refractivity contribution in [2.45, 2.75) is 40.2 Å². The molecule has 1 heterocycles. The van der Waals surface area contributed by atoms with Gasteiger partial charge in [-0.2, -0.15) is 0 Å². The first-order valence-corrected chi connectivity index (χ1v) is 47.5. The second-order valence-electron chi connectivity index (χ2n) is 34.9. The Hall–Kier alpha value is -17.4.